The lowest BCUT2D eigenvalue weighted by Gasteiger charge is -2.28. The summed E-state index contributed by atoms with van der Waals surface area (Å²) in [7, 11) is 1.37. The van der Waals surface area contributed by atoms with E-state index in [2.05, 4.69) is 10.6 Å². The fourth-order valence-corrected chi connectivity index (χ4v) is 1.12. The topological polar surface area (TPSA) is 67.4 Å². The van der Waals surface area contributed by atoms with Crippen molar-refractivity contribution in [1.29, 1.82) is 0 Å². The molecule has 0 aliphatic heterocycles. The third kappa shape index (κ3) is 6.09. The summed E-state index contributed by atoms with van der Waals surface area (Å²) in [5.74, 6) is -0.608. The first-order valence-electron chi connectivity index (χ1n) is 5.37. The Morgan fingerprint density at radius 1 is 1.18 bits per heavy atom. The first kappa shape index (κ1) is 15.7. The maximum absolute atomic E-state index is 13.8. The monoisotopic (exact) mass is 248 g/mol. The van der Waals surface area contributed by atoms with Crippen molar-refractivity contribution >= 4 is 12.0 Å². The first-order valence-corrected chi connectivity index (χ1v) is 5.37. The molecule has 0 spiro atoms. The number of halogens is 1. The normalized spacial score (nSPS) is 13.8. The van der Waals surface area contributed by atoms with Crippen molar-refractivity contribution in [2.75, 3.05) is 7.05 Å². The maximum atomic E-state index is 13.8. The number of amides is 2. The van der Waals surface area contributed by atoms with Crippen LogP contribution in [-0.4, -0.2) is 36.4 Å². The molecule has 0 heterocycles. The van der Waals surface area contributed by atoms with Crippen molar-refractivity contribution in [3.63, 3.8) is 0 Å². The third-order valence-electron chi connectivity index (χ3n) is 1.86. The number of hydrogen-bond acceptors (Lipinski definition) is 3. The summed E-state index contributed by atoms with van der Waals surface area (Å²) >= 11 is 0. The van der Waals surface area contributed by atoms with Crippen LogP contribution in [0.15, 0.2) is 0 Å². The number of carbonyl (C=O) groups is 2. The Balaban J connectivity index is 4.67. The van der Waals surface area contributed by atoms with E-state index in [1.54, 1.807) is 20.8 Å². The Morgan fingerprint density at radius 2 is 1.65 bits per heavy atom. The van der Waals surface area contributed by atoms with Crippen LogP contribution >= 0.6 is 0 Å². The third-order valence-corrected chi connectivity index (χ3v) is 1.86. The molecule has 1 unspecified atom stereocenters. The van der Waals surface area contributed by atoms with E-state index in [1.165, 1.54) is 20.9 Å². The van der Waals surface area contributed by atoms with Crippen LogP contribution in [0.2, 0.25) is 0 Å². The van der Waals surface area contributed by atoms with Gasteiger partial charge in [-0.25, -0.2) is 9.18 Å². The minimum absolute atomic E-state index is 0.608. The van der Waals surface area contributed by atoms with Gasteiger partial charge in [0.2, 0.25) is 5.91 Å². The standard InChI is InChI=1S/C11H21FN2O3/c1-10(2,3)17-9(16)14-7(8(15)13-6)11(4,5)12/h7H,1-6H3,(H,13,15)(H,14,16). The molecule has 2 N–H and O–H groups in total. The van der Waals surface area contributed by atoms with E-state index in [1.807, 2.05) is 0 Å². The predicted molar refractivity (Wildman–Crippen MR) is 62.4 cm³/mol. The van der Waals surface area contributed by atoms with E-state index in [9.17, 15) is 14.0 Å². The largest absolute Gasteiger partial charge is 0.444 e. The van der Waals surface area contributed by atoms with Crippen molar-refractivity contribution in [3.05, 3.63) is 0 Å². The number of ether oxygens (including phenoxy) is 1. The molecule has 0 aliphatic carbocycles. The van der Waals surface area contributed by atoms with Gasteiger partial charge in [0.15, 0.2) is 0 Å². The van der Waals surface area contributed by atoms with Gasteiger partial charge in [-0.05, 0) is 34.6 Å². The van der Waals surface area contributed by atoms with Crippen molar-refractivity contribution in [2.45, 2.75) is 51.9 Å². The Labute approximate surface area is 101 Å². The zero-order valence-electron chi connectivity index (χ0n) is 11.2. The lowest BCUT2D eigenvalue weighted by Crippen LogP contribution is -2.56. The summed E-state index contributed by atoms with van der Waals surface area (Å²) in [6.45, 7) is 7.47. The number of likely N-dealkylation sites (N-methyl/N-ethyl adjacent to an activating group) is 1. The lowest BCUT2D eigenvalue weighted by atomic mass is 10.0. The molecule has 2 amide bonds. The molecule has 0 saturated heterocycles. The van der Waals surface area contributed by atoms with Crippen LogP contribution in [0.4, 0.5) is 9.18 Å². The van der Waals surface area contributed by atoms with Gasteiger partial charge in [-0.15, -0.1) is 0 Å². The van der Waals surface area contributed by atoms with Crippen molar-refractivity contribution < 1.29 is 18.7 Å². The SMILES string of the molecule is CNC(=O)C(NC(=O)OC(C)(C)C)C(C)(C)F. The molecule has 0 aromatic rings. The zero-order chi connectivity index (χ0) is 13.9. The number of alkyl halides is 1. The minimum Gasteiger partial charge on any atom is -0.444 e. The Hall–Kier alpha value is -1.33. The molecule has 0 fully saturated rings. The molecule has 0 aliphatic rings. The Morgan fingerprint density at radius 3 is 1.94 bits per heavy atom. The second kappa shape index (κ2) is 5.33. The molecule has 0 radical (unpaired) electrons. The summed E-state index contributed by atoms with van der Waals surface area (Å²) in [5, 5.41) is 4.51. The molecule has 100 valence electrons. The van der Waals surface area contributed by atoms with E-state index in [0.29, 0.717) is 0 Å². The van der Waals surface area contributed by atoms with Crippen LogP contribution in [0.1, 0.15) is 34.6 Å². The smallest absolute Gasteiger partial charge is 0.408 e. The van der Waals surface area contributed by atoms with Crippen LogP contribution < -0.4 is 10.6 Å². The van der Waals surface area contributed by atoms with Gasteiger partial charge in [0.25, 0.3) is 0 Å². The average Bonchev–Trinajstić information content (AvgIpc) is 2.08. The van der Waals surface area contributed by atoms with Crippen LogP contribution in [0.25, 0.3) is 0 Å². The van der Waals surface area contributed by atoms with Crippen LogP contribution in [0.5, 0.6) is 0 Å². The van der Waals surface area contributed by atoms with Gasteiger partial charge >= 0.3 is 6.09 Å². The average molecular weight is 248 g/mol. The number of carbonyl (C=O) groups excluding carboxylic acids is 2. The number of alkyl carbamates (subject to hydrolysis) is 1. The fraction of sp³-hybridized carbons (Fsp3) is 0.818. The summed E-state index contributed by atoms with van der Waals surface area (Å²) in [6, 6.07) is -1.29. The van der Waals surface area contributed by atoms with E-state index in [4.69, 9.17) is 4.74 Å². The van der Waals surface area contributed by atoms with Gasteiger partial charge in [-0.2, -0.15) is 0 Å². The minimum atomic E-state index is -1.88. The highest BCUT2D eigenvalue weighted by Gasteiger charge is 2.37. The number of nitrogens with one attached hydrogen (secondary N) is 2. The predicted octanol–water partition coefficient (Wildman–Crippen LogP) is 1.37. The highest BCUT2D eigenvalue weighted by molar-refractivity contribution is 5.86. The van der Waals surface area contributed by atoms with E-state index >= 15 is 0 Å². The van der Waals surface area contributed by atoms with Gasteiger partial charge in [0, 0.05) is 7.05 Å². The first-order chi connectivity index (χ1) is 7.47. The van der Waals surface area contributed by atoms with Crippen LogP contribution in [0, 0.1) is 0 Å². The lowest BCUT2D eigenvalue weighted by molar-refractivity contribution is -0.125. The molecular formula is C11H21FN2O3. The summed E-state index contributed by atoms with van der Waals surface area (Å²) in [4.78, 5) is 22.9. The van der Waals surface area contributed by atoms with Crippen molar-refractivity contribution in [2.24, 2.45) is 0 Å². The highest BCUT2D eigenvalue weighted by atomic mass is 19.1. The van der Waals surface area contributed by atoms with Crippen LogP contribution in [-0.2, 0) is 9.53 Å². The summed E-state index contributed by atoms with van der Waals surface area (Å²) < 4.78 is 18.7. The fourth-order valence-electron chi connectivity index (χ4n) is 1.12. The molecular weight excluding hydrogens is 227 g/mol. The van der Waals surface area contributed by atoms with Gasteiger partial charge < -0.3 is 15.4 Å². The number of rotatable bonds is 3. The van der Waals surface area contributed by atoms with Crippen molar-refractivity contribution in [1.82, 2.24) is 10.6 Å². The molecule has 0 rings (SSSR count). The second-order valence-electron chi connectivity index (χ2n) is 5.26. The number of hydrogen-bond donors (Lipinski definition) is 2. The van der Waals surface area contributed by atoms with Crippen LogP contribution in [0.3, 0.4) is 0 Å². The highest BCUT2D eigenvalue weighted by Crippen LogP contribution is 2.16. The second-order valence-corrected chi connectivity index (χ2v) is 5.26. The summed E-state index contributed by atoms with van der Waals surface area (Å²) in [6.07, 6.45) is -0.822. The summed E-state index contributed by atoms with van der Waals surface area (Å²) in [5.41, 5.74) is -2.57. The van der Waals surface area contributed by atoms with Gasteiger partial charge in [-0.1, -0.05) is 0 Å². The molecule has 17 heavy (non-hydrogen) atoms. The van der Waals surface area contributed by atoms with E-state index in [-0.39, 0.29) is 0 Å². The molecule has 1 atom stereocenters. The van der Waals surface area contributed by atoms with Crippen molar-refractivity contribution in [3.8, 4) is 0 Å². The molecule has 0 aromatic carbocycles. The zero-order valence-corrected chi connectivity index (χ0v) is 11.2. The molecule has 0 aromatic heterocycles. The van der Waals surface area contributed by atoms with Gasteiger partial charge in [-0.3, -0.25) is 4.79 Å². The van der Waals surface area contributed by atoms with E-state index < -0.39 is 29.3 Å². The Kier molecular flexibility index (Phi) is 4.92. The van der Waals surface area contributed by atoms with Gasteiger partial charge in [0.1, 0.15) is 17.3 Å². The quantitative estimate of drug-likeness (QED) is 0.792. The van der Waals surface area contributed by atoms with Gasteiger partial charge in [0.05, 0.1) is 0 Å². The molecule has 0 bridgehead atoms. The van der Waals surface area contributed by atoms with E-state index in [0.717, 1.165) is 0 Å². The molecule has 5 nitrogen and oxygen atoms in total. The Bertz CT molecular complexity index is 292. The maximum Gasteiger partial charge on any atom is 0.408 e. The molecule has 0 saturated carbocycles. The molecule has 6 heteroatoms.